The zero-order valence-electron chi connectivity index (χ0n) is 13.2. The summed E-state index contributed by atoms with van der Waals surface area (Å²) in [6.45, 7) is 0. The third-order valence-electron chi connectivity index (χ3n) is 5.88. The van der Waals surface area contributed by atoms with Crippen LogP contribution in [-0.2, 0) is 5.41 Å². The Labute approximate surface area is 140 Å². The smallest absolute Gasteiger partial charge is 0.0428 e. The molecule has 24 heavy (non-hydrogen) atoms. The van der Waals surface area contributed by atoms with Gasteiger partial charge >= 0.3 is 0 Å². The number of allylic oxidation sites excluding steroid dienone is 6. The van der Waals surface area contributed by atoms with Gasteiger partial charge in [-0.25, -0.2) is 0 Å². The summed E-state index contributed by atoms with van der Waals surface area (Å²) in [7, 11) is 0. The van der Waals surface area contributed by atoms with Gasteiger partial charge in [0.15, 0.2) is 0 Å². The van der Waals surface area contributed by atoms with Crippen molar-refractivity contribution < 1.29 is 0 Å². The molecule has 0 heterocycles. The molecule has 0 saturated carbocycles. The predicted molar refractivity (Wildman–Crippen MR) is 102 cm³/mol. The second-order valence-electron chi connectivity index (χ2n) is 7.03. The lowest BCUT2D eigenvalue weighted by Gasteiger charge is -2.40. The Morgan fingerprint density at radius 1 is 0.833 bits per heavy atom. The molecule has 0 amide bonds. The zero-order valence-corrected chi connectivity index (χ0v) is 13.2. The number of hydrogen-bond donors (Lipinski definition) is 0. The van der Waals surface area contributed by atoms with Crippen molar-refractivity contribution in [2.45, 2.75) is 5.41 Å². The Bertz CT molecular complexity index is 1250. The van der Waals surface area contributed by atoms with Gasteiger partial charge in [-0.05, 0) is 43.6 Å². The highest BCUT2D eigenvalue weighted by Crippen LogP contribution is 2.44. The van der Waals surface area contributed by atoms with Crippen LogP contribution >= 0.6 is 0 Å². The molecule has 0 heteroatoms. The number of hydrogen-bond acceptors (Lipinski definition) is 0. The van der Waals surface area contributed by atoms with Crippen LogP contribution in [0.3, 0.4) is 0 Å². The van der Waals surface area contributed by atoms with Crippen molar-refractivity contribution >= 4 is 33.7 Å². The van der Waals surface area contributed by atoms with Gasteiger partial charge in [-0.1, -0.05) is 85.0 Å². The minimum Gasteiger partial charge on any atom is -0.0761 e. The molecule has 2 atom stereocenters. The molecule has 0 fully saturated rings. The standard InChI is InChI=1S/C24H16/c1-2-9-20-17(6-1)14-18-11-10-16-7-5-13-24-12-4-3-8-19(24)15-21(20)22(18)23(16)24/h1-15,19H. The summed E-state index contributed by atoms with van der Waals surface area (Å²) < 4.78 is 0. The topological polar surface area (TPSA) is 0 Å². The van der Waals surface area contributed by atoms with E-state index in [1.807, 2.05) is 0 Å². The molecule has 0 saturated heterocycles. The van der Waals surface area contributed by atoms with Crippen LogP contribution < -0.4 is 10.4 Å². The number of rotatable bonds is 0. The molecule has 3 aliphatic rings. The van der Waals surface area contributed by atoms with Crippen LogP contribution in [0.2, 0.25) is 0 Å². The van der Waals surface area contributed by atoms with E-state index in [0.29, 0.717) is 5.92 Å². The van der Waals surface area contributed by atoms with Gasteiger partial charge in [-0.3, -0.25) is 0 Å². The normalized spacial score (nSPS) is 25.4. The van der Waals surface area contributed by atoms with Crippen molar-refractivity contribution in [2.75, 3.05) is 0 Å². The van der Waals surface area contributed by atoms with Crippen LogP contribution in [0.4, 0.5) is 0 Å². The fourth-order valence-corrected chi connectivity index (χ4v) is 4.85. The summed E-state index contributed by atoms with van der Waals surface area (Å²) >= 11 is 0. The Morgan fingerprint density at radius 2 is 1.75 bits per heavy atom. The maximum Gasteiger partial charge on any atom is 0.0428 e. The van der Waals surface area contributed by atoms with Crippen LogP contribution in [0, 0.1) is 5.92 Å². The van der Waals surface area contributed by atoms with E-state index in [4.69, 9.17) is 0 Å². The largest absolute Gasteiger partial charge is 0.0761 e. The Morgan fingerprint density at radius 3 is 2.75 bits per heavy atom. The molecule has 3 aromatic rings. The summed E-state index contributed by atoms with van der Waals surface area (Å²) in [5.41, 5.74) is 1.46. The van der Waals surface area contributed by atoms with Crippen LogP contribution in [0.5, 0.6) is 0 Å². The summed E-state index contributed by atoms with van der Waals surface area (Å²) in [5.74, 6) is 0.384. The van der Waals surface area contributed by atoms with Crippen molar-refractivity contribution in [1.29, 1.82) is 0 Å². The van der Waals surface area contributed by atoms with Crippen molar-refractivity contribution in [2.24, 2.45) is 5.92 Å². The van der Waals surface area contributed by atoms with E-state index >= 15 is 0 Å². The second kappa shape index (κ2) is 4.15. The maximum atomic E-state index is 2.48. The van der Waals surface area contributed by atoms with Gasteiger partial charge in [0.05, 0.1) is 0 Å². The molecule has 112 valence electrons. The van der Waals surface area contributed by atoms with Gasteiger partial charge < -0.3 is 0 Å². The lowest BCUT2D eigenvalue weighted by Crippen LogP contribution is -2.41. The van der Waals surface area contributed by atoms with Crippen molar-refractivity contribution in [1.82, 2.24) is 0 Å². The van der Waals surface area contributed by atoms with E-state index < -0.39 is 0 Å². The van der Waals surface area contributed by atoms with Gasteiger partial charge in [0.25, 0.3) is 0 Å². The van der Waals surface area contributed by atoms with Crippen molar-refractivity contribution in [3.8, 4) is 0 Å². The van der Waals surface area contributed by atoms with Crippen molar-refractivity contribution in [3.63, 3.8) is 0 Å². The van der Waals surface area contributed by atoms with E-state index in [1.54, 1.807) is 0 Å². The highest BCUT2D eigenvalue weighted by Gasteiger charge is 2.39. The molecule has 0 N–H and O–H groups in total. The Kier molecular flexibility index (Phi) is 2.17. The van der Waals surface area contributed by atoms with Gasteiger partial charge in [-0.2, -0.15) is 0 Å². The molecule has 0 nitrogen and oxygen atoms in total. The second-order valence-corrected chi connectivity index (χ2v) is 7.03. The molecule has 0 aliphatic heterocycles. The van der Waals surface area contributed by atoms with Crippen LogP contribution in [0.25, 0.3) is 33.7 Å². The maximum absolute atomic E-state index is 2.48. The molecular weight excluding hydrogens is 288 g/mol. The van der Waals surface area contributed by atoms with Gasteiger partial charge in [-0.15, -0.1) is 0 Å². The molecule has 3 aliphatic carbocycles. The summed E-state index contributed by atoms with van der Waals surface area (Å²) in [6.07, 6.45) is 18.5. The number of fused-ring (bicyclic) bond motifs is 2. The minimum absolute atomic E-state index is 0.0200. The van der Waals surface area contributed by atoms with E-state index in [-0.39, 0.29) is 5.41 Å². The summed E-state index contributed by atoms with van der Waals surface area (Å²) in [4.78, 5) is 0. The number of benzene rings is 3. The predicted octanol–water partition coefficient (Wildman–Crippen LogP) is 4.12. The van der Waals surface area contributed by atoms with Crippen LogP contribution in [0.1, 0.15) is 5.56 Å². The van der Waals surface area contributed by atoms with E-state index in [1.165, 1.54) is 37.5 Å². The van der Waals surface area contributed by atoms with Gasteiger partial charge in [0.2, 0.25) is 0 Å². The monoisotopic (exact) mass is 304 g/mol. The van der Waals surface area contributed by atoms with Gasteiger partial charge in [0.1, 0.15) is 0 Å². The van der Waals surface area contributed by atoms with Crippen molar-refractivity contribution in [3.05, 3.63) is 94.9 Å². The van der Waals surface area contributed by atoms with E-state index in [0.717, 1.165) is 0 Å². The van der Waals surface area contributed by atoms with Crippen LogP contribution in [-0.4, -0.2) is 0 Å². The first kappa shape index (κ1) is 12.5. The van der Waals surface area contributed by atoms with E-state index in [2.05, 4.69) is 91.1 Å². The minimum atomic E-state index is -0.0200. The third-order valence-corrected chi connectivity index (χ3v) is 5.88. The first-order valence-electron chi connectivity index (χ1n) is 8.59. The molecule has 0 radical (unpaired) electrons. The summed E-state index contributed by atoms with van der Waals surface area (Å²) in [5, 5.41) is 8.24. The lowest BCUT2D eigenvalue weighted by atomic mass is 9.62. The highest BCUT2D eigenvalue weighted by molar-refractivity contribution is 6.03. The molecule has 2 unspecified atom stereocenters. The SMILES string of the molecule is C1=CC2C=c3c4ccccc4cc4ccc5c(c34)C2(C=C1)C=CC=5. The van der Waals surface area contributed by atoms with E-state index in [9.17, 15) is 0 Å². The fraction of sp³-hybridized carbons (Fsp3) is 0.0833. The fourth-order valence-electron chi connectivity index (χ4n) is 4.85. The molecule has 0 bridgehead atoms. The molecule has 6 rings (SSSR count). The van der Waals surface area contributed by atoms with Gasteiger partial charge in [0, 0.05) is 11.3 Å². The molecular formula is C24H16. The van der Waals surface area contributed by atoms with Crippen LogP contribution in [0.15, 0.2) is 78.9 Å². The molecule has 3 aromatic carbocycles. The highest BCUT2D eigenvalue weighted by atomic mass is 14.4. The lowest BCUT2D eigenvalue weighted by molar-refractivity contribution is 0.576. The summed E-state index contributed by atoms with van der Waals surface area (Å²) in [6, 6.07) is 15.7. The molecule has 1 spiro atoms. The average molecular weight is 304 g/mol. The Balaban J connectivity index is 1.96. The average Bonchev–Trinajstić information content (AvgIpc) is 2.64. The zero-order chi connectivity index (χ0) is 15.7. The molecule has 0 aromatic heterocycles. The Hall–Kier alpha value is -2.86. The quantitative estimate of drug-likeness (QED) is 0.548. The third kappa shape index (κ3) is 1.36. The first-order valence-corrected chi connectivity index (χ1v) is 8.59. The first-order chi connectivity index (χ1) is 11.9.